The molecule has 0 aliphatic rings. The summed E-state index contributed by atoms with van der Waals surface area (Å²) < 4.78 is 26.2. The summed E-state index contributed by atoms with van der Waals surface area (Å²) in [6, 6.07) is 1.88. The van der Waals surface area contributed by atoms with Gasteiger partial charge in [0.1, 0.15) is 5.82 Å². The monoisotopic (exact) mass is 230 g/mol. The summed E-state index contributed by atoms with van der Waals surface area (Å²) in [5.41, 5.74) is 4.66. The first-order valence-electron chi connectivity index (χ1n) is 4.89. The highest BCUT2D eigenvalue weighted by Gasteiger charge is 2.19. The van der Waals surface area contributed by atoms with Gasteiger partial charge in [-0.25, -0.2) is 8.78 Å². The second-order valence-corrected chi connectivity index (χ2v) is 4.49. The molecule has 0 heterocycles. The lowest BCUT2D eigenvalue weighted by Crippen LogP contribution is -2.36. The largest absolute Gasteiger partial charge is 0.395 e. The fraction of sp³-hybridized carbons (Fsp3) is 0.455. The number of hydrogen-bond acceptors (Lipinski definition) is 3. The molecule has 0 amide bonds. The third-order valence-electron chi connectivity index (χ3n) is 2.11. The van der Waals surface area contributed by atoms with Gasteiger partial charge in [-0.2, -0.15) is 0 Å². The van der Waals surface area contributed by atoms with E-state index in [1.165, 1.54) is 4.90 Å². The Morgan fingerprint density at radius 2 is 1.94 bits per heavy atom. The first kappa shape index (κ1) is 12.7. The van der Waals surface area contributed by atoms with Crippen molar-refractivity contribution in [3.8, 4) is 0 Å². The Bertz CT molecular complexity index is 388. The van der Waals surface area contributed by atoms with E-state index in [1.807, 2.05) is 0 Å². The molecule has 3 N–H and O–H groups in total. The maximum atomic E-state index is 13.2. The summed E-state index contributed by atoms with van der Waals surface area (Å²) in [5, 5.41) is 9.61. The minimum atomic E-state index is -0.968. The Labute approximate surface area is 93.5 Å². The number of rotatable bonds is 3. The van der Waals surface area contributed by atoms with Crippen molar-refractivity contribution in [2.45, 2.75) is 19.4 Å². The number of halogens is 2. The van der Waals surface area contributed by atoms with Gasteiger partial charge in [0.15, 0.2) is 5.82 Å². The summed E-state index contributed by atoms with van der Waals surface area (Å²) in [6.07, 6.45) is 0. The number of anilines is 2. The molecule has 1 rings (SSSR count). The maximum absolute atomic E-state index is 13.2. The second kappa shape index (κ2) is 4.25. The van der Waals surface area contributed by atoms with Crippen LogP contribution >= 0.6 is 0 Å². The second-order valence-electron chi connectivity index (χ2n) is 4.49. The predicted octanol–water partition coefficient (Wildman–Crippen LogP) is 1.75. The van der Waals surface area contributed by atoms with Gasteiger partial charge in [-0.1, -0.05) is 0 Å². The molecule has 1 aromatic rings. The number of likely N-dealkylation sites (N-methyl/N-ethyl adjacent to an activating group) is 1. The Hall–Kier alpha value is -1.36. The Balaban J connectivity index is 3.04. The highest BCUT2D eigenvalue weighted by Crippen LogP contribution is 2.27. The lowest BCUT2D eigenvalue weighted by atomic mass is 10.1. The fourth-order valence-corrected chi connectivity index (χ4v) is 1.55. The van der Waals surface area contributed by atoms with Crippen molar-refractivity contribution < 1.29 is 13.9 Å². The standard InChI is InChI=1S/C11H16F2N2O/c1-11(2,16)6-15(3)9-5-7(12)4-8(13)10(9)14/h4-5,16H,6,14H2,1-3H3. The zero-order valence-electron chi connectivity index (χ0n) is 9.59. The van der Waals surface area contributed by atoms with Crippen LogP contribution in [-0.4, -0.2) is 24.3 Å². The van der Waals surface area contributed by atoms with Gasteiger partial charge in [0.05, 0.1) is 17.0 Å². The van der Waals surface area contributed by atoms with Gasteiger partial charge in [-0.05, 0) is 19.9 Å². The van der Waals surface area contributed by atoms with E-state index in [4.69, 9.17) is 5.73 Å². The molecule has 0 saturated carbocycles. The van der Waals surface area contributed by atoms with Crippen molar-refractivity contribution in [2.24, 2.45) is 0 Å². The van der Waals surface area contributed by atoms with Gasteiger partial charge in [-0.15, -0.1) is 0 Å². The van der Waals surface area contributed by atoms with E-state index in [2.05, 4.69) is 0 Å². The molecule has 0 atom stereocenters. The van der Waals surface area contributed by atoms with Gasteiger partial charge >= 0.3 is 0 Å². The van der Waals surface area contributed by atoms with Crippen LogP contribution < -0.4 is 10.6 Å². The molecule has 0 spiro atoms. The van der Waals surface area contributed by atoms with Crippen LogP contribution in [0.1, 0.15) is 13.8 Å². The average Bonchev–Trinajstić information content (AvgIpc) is 2.08. The lowest BCUT2D eigenvalue weighted by Gasteiger charge is -2.28. The molecule has 5 heteroatoms. The zero-order valence-corrected chi connectivity index (χ0v) is 9.59. The van der Waals surface area contributed by atoms with Crippen LogP contribution in [0.2, 0.25) is 0 Å². The van der Waals surface area contributed by atoms with E-state index in [9.17, 15) is 13.9 Å². The van der Waals surface area contributed by atoms with E-state index < -0.39 is 17.2 Å². The van der Waals surface area contributed by atoms with E-state index >= 15 is 0 Å². The summed E-state index contributed by atoms with van der Waals surface area (Å²) in [4.78, 5) is 1.52. The van der Waals surface area contributed by atoms with E-state index in [-0.39, 0.29) is 17.9 Å². The molecular formula is C11H16F2N2O. The van der Waals surface area contributed by atoms with Gasteiger partial charge in [-0.3, -0.25) is 0 Å². The van der Waals surface area contributed by atoms with Crippen LogP contribution in [0.5, 0.6) is 0 Å². The van der Waals surface area contributed by atoms with Crippen molar-refractivity contribution in [1.82, 2.24) is 0 Å². The minimum Gasteiger partial charge on any atom is -0.395 e. The summed E-state index contributed by atoms with van der Waals surface area (Å²) >= 11 is 0. The van der Waals surface area contributed by atoms with Crippen LogP contribution in [0.3, 0.4) is 0 Å². The fourth-order valence-electron chi connectivity index (χ4n) is 1.55. The zero-order chi connectivity index (χ0) is 12.5. The van der Waals surface area contributed by atoms with Crippen molar-refractivity contribution in [3.05, 3.63) is 23.8 Å². The Morgan fingerprint density at radius 1 is 1.38 bits per heavy atom. The van der Waals surface area contributed by atoms with Crippen LogP contribution in [-0.2, 0) is 0 Å². The molecule has 3 nitrogen and oxygen atoms in total. The summed E-state index contributed by atoms with van der Waals surface area (Å²) in [5.74, 6) is -1.48. The normalized spacial score (nSPS) is 11.6. The molecule has 0 radical (unpaired) electrons. The Kier molecular flexibility index (Phi) is 3.38. The molecule has 0 saturated heterocycles. The highest BCUT2D eigenvalue weighted by molar-refractivity contribution is 5.68. The highest BCUT2D eigenvalue weighted by atomic mass is 19.1. The smallest absolute Gasteiger partial charge is 0.151 e. The lowest BCUT2D eigenvalue weighted by molar-refractivity contribution is 0.0886. The first-order chi connectivity index (χ1) is 7.20. The molecule has 0 aliphatic carbocycles. The third-order valence-corrected chi connectivity index (χ3v) is 2.11. The number of nitrogens with zero attached hydrogens (tertiary/aromatic N) is 1. The SMILES string of the molecule is CN(CC(C)(C)O)c1cc(F)cc(F)c1N. The van der Waals surface area contributed by atoms with E-state index in [0.717, 1.165) is 12.1 Å². The number of nitrogen functional groups attached to an aromatic ring is 1. The van der Waals surface area contributed by atoms with E-state index in [0.29, 0.717) is 0 Å². The minimum absolute atomic E-state index is 0.117. The van der Waals surface area contributed by atoms with Crippen molar-refractivity contribution in [3.63, 3.8) is 0 Å². The van der Waals surface area contributed by atoms with Gasteiger partial charge < -0.3 is 15.7 Å². The van der Waals surface area contributed by atoms with Gasteiger partial charge in [0.25, 0.3) is 0 Å². The predicted molar refractivity (Wildman–Crippen MR) is 60.3 cm³/mol. The third kappa shape index (κ3) is 3.06. The maximum Gasteiger partial charge on any atom is 0.151 e. The molecule has 0 aliphatic heterocycles. The quantitative estimate of drug-likeness (QED) is 0.778. The van der Waals surface area contributed by atoms with Gasteiger partial charge in [0, 0.05) is 19.7 Å². The van der Waals surface area contributed by atoms with Crippen molar-refractivity contribution >= 4 is 11.4 Å². The van der Waals surface area contributed by atoms with Crippen molar-refractivity contribution in [2.75, 3.05) is 24.2 Å². The van der Waals surface area contributed by atoms with Crippen molar-refractivity contribution in [1.29, 1.82) is 0 Å². The molecule has 16 heavy (non-hydrogen) atoms. The first-order valence-corrected chi connectivity index (χ1v) is 4.89. The topological polar surface area (TPSA) is 49.5 Å². The number of aliphatic hydroxyl groups is 1. The van der Waals surface area contributed by atoms with Crippen LogP contribution in [0.25, 0.3) is 0 Å². The number of nitrogens with two attached hydrogens (primary N) is 1. The van der Waals surface area contributed by atoms with Crippen LogP contribution in [0.15, 0.2) is 12.1 Å². The average molecular weight is 230 g/mol. The number of benzene rings is 1. The van der Waals surface area contributed by atoms with Crippen LogP contribution in [0.4, 0.5) is 20.2 Å². The molecule has 1 aromatic carbocycles. The molecule has 0 aromatic heterocycles. The molecular weight excluding hydrogens is 214 g/mol. The van der Waals surface area contributed by atoms with Crippen LogP contribution in [0, 0.1) is 11.6 Å². The Morgan fingerprint density at radius 3 is 2.44 bits per heavy atom. The van der Waals surface area contributed by atoms with Gasteiger partial charge in [0.2, 0.25) is 0 Å². The van der Waals surface area contributed by atoms with E-state index in [1.54, 1.807) is 20.9 Å². The molecule has 0 bridgehead atoms. The molecule has 0 fully saturated rings. The number of hydrogen-bond donors (Lipinski definition) is 2. The summed E-state index contributed by atoms with van der Waals surface area (Å²) in [6.45, 7) is 3.44. The molecule has 0 unspecified atom stereocenters. The molecule has 90 valence electrons. The summed E-state index contributed by atoms with van der Waals surface area (Å²) in [7, 11) is 1.61.